The summed E-state index contributed by atoms with van der Waals surface area (Å²) < 4.78 is 26.8. The molecule has 1 unspecified atom stereocenters. The first-order valence-corrected chi connectivity index (χ1v) is 7.67. The second-order valence-corrected chi connectivity index (χ2v) is 5.75. The number of rotatable bonds is 6. The van der Waals surface area contributed by atoms with Gasteiger partial charge in [0.1, 0.15) is 17.1 Å². The van der Waals surface area contributed by atoms with Crippen molar-refractivity contribution in [1.82, 2.24) is 0 Å². The van der Waals surface area contributed by atoms with Crippen LogP contribution in [0.1, 0.15) is 15.9 Å². The third kappa shape index (κ3) is 3.16. The highest BCUT2D eigenvalue weighted by molar-refractivity contribution is 7.48. The van der Waals surface area contributed by atoms with Crippen LogP contribution in [0.5, 0.6) is 11.5 Å². The van der Waals surface area contributed by atoms with E-state index in [4.69, 9.17) is 14.0 Å². The van der Waals surface area contributed by atoms with Gasteiger partial charge in [-0.15, -0.1) is 4.52 Å². The van der Waals surface area contributed by atoms with Crippen molar-refractivity contribution in [3.8, 4) is 11.5 Å². The van der Waals surface area contributed by atoms with Crippen molar-refractivity contribution in [2.75, 3.05) is 21.3 Å². The molecule has 0 amide bonds. The Morgan fingerprint density at radius 3 is 1.91 bits per heavy atom. The Morgan fingerprint density at radius 1 is 0.909 bits per heavy atom. The van der Waals surface area contributed by atoms with E-state index in [2.05, 4.69) is 0 Å². The molecule has 0 fully saturated rings. The summed E-state index contributed by atoms with van der Waals surface area (Å²) in [6, 6.07) is 11.6. The molecule has 0 aromatic heterocycles. The molecule has 6 heteroatoms. The maximum Gasteiger partial charge on any atom is 0.548 e. The predicted octanol–water partition coefficient (Wildman–Crippen LogP) is 2.95. The normalized spacial score (nSPS) is 11.0. The molecule has 0 radical (unpaired) electrons. The molecule has 1 atom stereocenters. The number of methoxy groups -OCH3 is 2. The smallest absolute Gasteiger partial charge is 0.496 e. The lowest BCUT2D eigenvalue weighted by molar-refractivity contribution is 0.103. The molecule has 0 aliphatic heterocycles. The van der Waals surface area contributed by atoms with Crippen LogP contribution in [-0.4, -0.2) is 27.1 Å². The maximum absolute atomic E-state index is 12.7. The first-order valence-electron chi connectivity index (χ1n) is 6.49. The van der Waals surface area contributed by atoms with Crippen molar-refractivity contribution in [1.29, 1.82) is 0 Å². The molecule has 0 aliphatic carbocycles. The minimum Gasteiger partial charge on any atom is -0.496 e. The minimum absolute atomic E-state index is 0.228. The van der Waals surface area contributed by atoms with Crippen molar-refractivity contribution in [2.45, 2.75) is 0 Å². The summed E-state index contributed by atoms with van der Waals surface area (Å²) in [5.41, 5.74) is 0.808. The Bertz CT molecular complexity index is 672. The van der Waals surface area contributed by atoms with Gasteiger partial charge in [0.15, 0.2) is 0 Å². The topological polar surface area (TPSA) is 61.8 Å². The number of benzene rings is 2. The number of hydrogen-bond acceptors (Lipinski definition) is 5. The zero-order valence-corrected chi connectivity index (χ0v) is 13.4. The summed E-state index contributed by atoms with van der Waals surface area (Å²) >= 11 is 0. The lowest BCUT2D eigenvalue weighted by atomic mass is 10.0. The quantitative estimate of drug-likeness (QED) is 0.605. The fraction of sp³-hybridized carbons (Fsp3) is 0.188. The van der Waals surface area contributed by atoms with E-state index in [1.54, 1.807) is 42.5 Å². The Labute approximate surface area is 129 Å². The van der Waals surface area contributed by atoms with Gasteiger partial charge in [-0.3, -0.25) is 4.79 Å². The van der Waals surface area contributed by atoms with Crippen molar-refractivity contribution in [3.05, 3.63) is 53.6 Å². The van der Waals surface area contributed by atoms with Gasteiger partial charge in [0.05, 0.1) is 21.3 Å². The van der Waals surface area contributed by atoms with E-state index in [9.17, 15) is 9.36 Å². The van der Waals surface area contributed by atoms with Gasteiger partial charge in [0.25, 0.3) is 0 Å². The lowest BCUT2D eigenvalue weighted by Crippen LogP contribution is -2.08. The van der Waals surface area contributed by atoms with Crippen LogP contribution in [0.4, 0.5) is 0 Å². The SMILES string of the molecule is COc1cccc(OC)c1C(=O)c1ccc([P+](=O)OC)cc1. The van der Waals surface area contributed by atoms with E-state index in [0.717, 1.165) is 0 Å². The number of carbonyl (C=O) groups is 1. The summed E-state index contributed by atoms with van der Waals surface area (Å²) in [4.78, 5) is 12.7. The fourth-order valence-electron chi connectivity index (χ4n) is 2.06. The van der Waals surface area contributed by atoms with E-state index < -0.39 is 8.03 Å². The summed E-state index contributed by atoms with van der Waals surface area (Å²) in [6.45, 7) is 0. The molecule has 0 aliphatic rings. The number of carbonyl (C=O) groups excluding carboxylic acids is 1. The first kappa shape index (κ1) is 16.1. The summed E-state index contributed by atoms with van der Waals surface area (Å²) in [7, 11) is 2.48. The van der Waals surface area contributed by atoms with Crippen molar-refractivity contribution in [3.63, 3.8) is 0 Å². The maximum atomic E-state index is 12.7. The van der Waals surface area contributed by atoms with Crippen molar-refractivity contribution >= 4 is 19.1 Å². The van der Waals surface area contributed by atoms with Crippen LogP contribution in [0.2, 0.25) is 0 Å². The lowest BCUT2D eigenvalue weighted by Gasteiger charge is -2.11. The Morgan fingerprint density at radius 2 is 1.45 bits per heavy atom. The molecule has 114 valence electrons. The van der Waals surface area contributed by atoms with Gasteiger partial charge in [-0.25, -0.2) is 0 Å². The van der Waals surface area contributed by atoms with E-state index in [-0.39, 0.29) is 5.78 Å². The second-order valence-electron chi connectivity index (χ2n) is 4.35. The average molecular weight is 319 g/mol. The van der Waals surface area contributed by atoms with Crippen LogP contribution in [0.15, 0.2) is 42.5 Å². The number of hydrogen-bond donors (Lipinski definition) is 0. The Hall–Kier alpha value is -2.23. The number of ether oxygens (including phenoxy) is 2. The predicted molar refractivity (Wildman–Crippen MR) is 83.7 cm³/mol. The van der Waals surface area contributed by atoms with Crippen LogP contribution in [0.3, 0.4) is 0 Å². The number of ketones is 1. The van der Waals surface area contributed by atoms with Gasteiger partial charge < -0.3 is 9.47 Å². The molecule has 0 saturated heterocycles. The molecule has 0 saturated carbocycles. The second kappa shape index (κ2) is 7.16. The van der Waals surface area contributed by atoms with Gasteiger partial charge in [0.2, 0.25) is 11.1 Å². The van der Waals surface area contributed by atoms with Crippen molar-refractivity contribution < 1.29 is 23.4 Å². The van der Waals surface area contributed by atoms with Gasteiger partial charge >= 0.3 is 8.03 Å². The third-order valence-corrected chi connectivity index (χ3v) is 4.21. The zero-order chi connectivity index (χ0) is 16.1. The fourth-order valence-corrected chi connectivity index (χ4v) is 2.66. The standard InChI is InChI=1S/C16H16O5P/c1-19-13-5-4-6-14(20-2)15(13)16(17)11-7-9-12(10-8-11)22(18)21-3/h4-10H,1-3H3/q+1. The molecular formula is C16H16O5P+. The van der Waals surface area contributed by atoms with Gasteiger partial charge in [0, 0.05) is 5.56 Å². The highest BCUT2D eigenvalue weighted by Gasteiger charge is 2.23. The molecule has 22 heavy (non-hydrogen) atoms. The molecule has 0 heterocycles. The molecule has 2 aromatic rings. The molecular weight excluding hydrogens is 303 g/mol. The van der Waals surface area contributed by atoms with Crippen LogP contribution < -0.4 is 14.8 Å². The third-order valence-electron chi connectivity index (χ3n) is 3.16. The van der Waals surface area contributed by atoms with Crippen LogP contribution >= 0.6 is 8.03 Å². The molecule has 2 aromatic carbocycles. The Kier molecular flexibility index (Phi) is 5.26. The molecule has 0 spiro atoms. The molecule has 0 N–H and O–H groups in total. The summed E-state index contributed by atoms with van der Waals surface area (Å²) in [5.74, 6) is 0.654. The molecule has 0 bridgehead atoms. The zero-order valence-electron chi connectivity index (χ0n) is 12.5. The molecule has 2 rings (SSSR count). The average Bonchev–Trinajstić information content (AvgIpc) is 2.59. The summed E-state index contributed by atoms with van der Waals surface area (Å²) in [5, 5.41) is 0.529. The van der Waals surface area contributed by atoms with E-state index in [0.29, 0.717) is 27.9 Å². The van der Waals surface area contributed by atoms with E-state index in [1.165, 1.54) is 21.3 Å². The van der Waals surface area contributed by atoms with Gasteiger partial charge in [-0.1, -0.05) is 6.07 Å². The largest absolute Gasteiger partial charge is 0.548 e. The monoisotopic (exact) mass is 319 g/mol. The molecule has 5 nitrogen and oxygen atoms in total. The Balaban J connectivity index is 2.42. The summed E-state index contributed by atoms with van der Waals surface area (Å²) in [6.07, 6.45) is 0. The van der Waals surface area contributed by atoms with E-state index >= 15 is 0 Å². The van der Waals surface area contributed by atoms with Gasteiger partial charge in [-0.2, -0.15) is 0 Å². The van der Waals surface area contributed by atoms with Crippen LogP contribution in [0, 0.1) is 0 Å². The first-order chi connectivity index (χ1) is 10.6. The van der Waals surface area contributed by atoms with E-state index in [1.807, 2.05) is 0 Å². The van der Waals surface area contributed by atoms with Crippen molar-refractivity contribution in [2.24, 2.45) is 0 Å². The van der Waals surface area contributed by atoms with Crippen LogP contribution in [0.25, 0.3) is 0 Å². The minimum atomic E-state index is -1.89. The van der Waals surface area contributed by atoms with Gasteiger partial charge in [-0.05, 0) is 41.0 Å². The highest BCUT2D eigenvalue weighted by Crippen LogP contribution is 2.30. The van der Waals surface area contributed by atoms with Crippen LogP contribution in [-0.2, 0) is 9.09 Å². The highest BCUT2D eigenvalue weighted by atomic mass is 31.1.